The molecule has 0 aromatic carbocycles. The molecule has 106 valence electrons. The Labute approximate surface area is 125 Å². The molecular weight excluding hydrogens is 322 g/mol. The fourth-order valence-electron chi connectivity index (χ4n) is 2.76. The van der Waals surface area contributed by atoms with Gasteiger partial charge in [0.1, 0.15) is 17.8 Å². The van der Waals surface area contributed by atoms with Gasteiger partial charge in [0.05, 0.1) is 22.1 Å². The number of nitrogens with zero attached hydrogens (tertiary/aromatic N) is 4. The molecule has 0 aliphatic carbocycles. The molecule has 6 nitrogen and oxygen atoms in total. The first-order chi connectivity index (χ1) is 9.54. The van der Waals surface area contributed by atoms with E-state index in [0.717, 1.165) is 27.7 Å². The SMILES string of the molecule is CCC(=O)N1Cc2c(Br)c3c(N)ncnc3n2CC1C. The molecule has 0 saturated carbocycles. The molecular formula is C13H16BrN5O. The maximum atomic E-state index is 12.0. The molecule has 1 atom stereocenters. The molecule has 1 amide bonds. The quantitative estimate of drug-likeness (QED) is 0.862. The summed E-state index contributed by atoms with van der Waals surface area (Å²) in [6.07, 6.45) is 2.00. The summed E-state index contributed by atoms with van der Waals surface area (Å²) < 4.78 is 3.02. The Hall–Kier alpha value is -1.63. The molecule has 0 radical (unpaired) electrons. The number of carbonyl (C=O) groups is 1. The minimum absolute atomic E-state index is 0.147. The second-order valence-electron chi connectivity index (χ2n) is 5.05. The molecule has 3 rings (SSSR count). The van der Waals surface area contributed by atoms with E-state index in [-0.39, 0.29) is 11.9 Å². The van der Waals surface area contributed by atoms with E-state index in [1.165, 1.54) is 6.33 Å². The van der Waals surface area contributed by atoms with Gasteiger partial charge in [0.2, 0.25) is 5.91 Å². The number of hydrogen-bond acceptors (Lipinski definition) is 4. The van der Waals surface area contributed by atoms with E-state index in [9.17, 15) is 4.79 Å². The number of nitrogen functional groups attached to an aromatic ring is 1. The molecule has 0 bridgehead atoms. The van der Waals surface area contributed by atoms with Crippen molar-refractivity contribution in [3.05, 3.63) is 16.5 Å². The lowest BCUT2D eigenvalue weighted by atomic mass is 10.2. The monoisotopic (exact) mass is 337 g/mol. The van der Waals surface area contributed by atoms with Crippen LogP contribution >= 0.6 is 15.9 Å². The number of amides is 1. The van der Waals surface area contributed by atoms with Gasteiger partial charge >= 0.3 is 0 Å². The molecule has 1 unspecified atom stereocenters. The summed E-state index contributed by atoms with van der Waals surface area (Å²) in [4.78, 5) is 22.3. The summed E-state index contributed by atoms with van der Waals surface area (Å²) in [5, 5.41) is 0.834. The van der Waals surface area contributed by atoms with Crippen molar-refractivity contribution in [3.8, 4) is 0 Å². The van der Waals surface area contributed by atoms with Gasteiger partial charge in [0, 0.05) is 19.0 Å². The van der Waals surface area contributed by atoms with Crippen molar-refractivity contribution in [2.45, 2.75) is 39.4 Å². The largest absolute Gasteiger partial charge is 0.383 e. The minimum Gasteiger partial charge on any atom is -0.383 e. The average Bonchev–Trinajstić information content (AvgIpc) is 2.71. The zero-order valence-corrected chi connectivity index (χ0v) is 13.0. The van der Waals surface area contributed by atoms with Crippen LogP contribution in [-0.4, -0.2) is 31.4 Å². The highest BCUT2D eigenvalue weighted by molar-refractivity contribution is 9.10. The lowest BCUT2D eigenvalue weighted by Gasteiger charge is -2.35. The average molecular weight is 338 g/mol. The summed E-state index contributed by atoms with van der Waals surface area (Å²) >= 11 is 3.59. The first kappa shape index (κ1) is 13.4. The van der Waals surface area contributed by atoms with Crippen LogP contribution in [0, 0.1) is 0 Å². The molecule has 2 N–H and O–H groups in total. The molecule has 1 aliphatic rings. The van der Waals surface area contributed by atoms with Gasteiger partial charge in [-0.05, 0) is 22.9 Å². The number of rotatable bonds is 1. The van der Waals surface area contributed by atoms with Crippen molar-refractivity contribution in [2.24, 2.45) is 0 Å². The van der Waals surface area contributed by atoms with Gasteiger partial charge in [0.15, 0.2) is 0 Å². The lowest BCUT2D eigenvalue weighted by molar-refractivity contribution is -0.134. The zero-order chi connectivity index (χ0) is 14.4. The van der Waals surface area contributed by atoms with E-state index in [1.54, 1.807) is 0 Å². The topological polar surface area (TPSA) is 77.0 Å². The third-order valence-electron chi connectivity index (χ3n) is 3.83. The van der Waals surface area contributed by atoms with Crippen molar-refractivity contribution in [1.82, 2.24) is 19.4 Å². The van der Waals surface area contributed by atoms with E-state index in [2.05, 4.69) is 37.4 Å². The van der Waals surface area contributed by atoms with E-state index in [4.69, 9.17) is 5.73 Å². The Kier molecular flexibility index (Phi) is 3.16. The molecule has 7 heteroatoms. The van der Waals surface area contributed by atoms with Gasteiger partial charge in [-0.1, -0.05) is 6.92 Å². The van der Waals surface area contributed by atoms with E-state index in [0.29, 0.717) is 18.8 Å². The Morgan fingerprint density at radius 2 is 2.30 bits per heavy atom. The summed E-state index contributed by atoms with van der Waals surface area (Å²) in [5.41, 5.74) is 7.81. The van der Waals surface area contributed by atoms with Crippen LogP contribution in [0.15, 0.2) is 10.8 Å². The van der Waals surface area contributed by atoms with Crippen LogP contribution in [0.2, 0.25) is 0 Å². The normalized spacial score (nSPS) is 18.4. The fraction of sp³-hybridized carbons (Fsp3) is 0.462. The van der Waals surface area contributed by atoms with Gasteiger partial charge in [-0.3, -0.25) is 4.79 Å². The van der Waals surface area contributed by atoms with Crippen LogP contribution < -0.4 is 5.73 Å². The number of carbonyl (C=O) groups excluding carboxylic acids is 1. The molecule has 20 heavy (non-hydrogen) atoms. The Balaban J connectivity index is 2.17. The summed E-state index contributed by atoms with van der Waals surface area (Å²) in [6.45, 7) is 5.24. The van der Waals surface area contributed by atoms with Crippen LogP contribution in [-0.2, 0) is 17.9 Å². The minimum atomic E-state index is 0.147. The Morgan fingerprint density at radius 3 is 3.00 bits per heavy atom. The Morgan fingerprint density at radius 1 is 1.55 bits per heavy atom. The molecule has 3 heterocycles. The number of anilines is 1. The number of fused-ring (bicyclic) bond motifs is 3. The highest BCUT2D eigenvalue weighted by Crippen LogP contribution is 2.36. The van der Waals surface area contributed by atoms with Crippen molar-refractivity contribution in [1.29, 1.82) is 0 Å². The predicted octanol–water partition coefficient (Wildman–Crippen LogP) is 1.92. The number of hydrogen-bond donors (Lipinski definition) is 1. The molecule has 2 aromatic heterocycles. The summed E-state index contributed by atoms with van der Waals surface area (Å²) in [7, 11) is 0. The standard InChI is InChI=1S/C13H16BrN5O/c1-3-9(20)18-5-8-11(14)10-12(15)16-6-17-13(10)19(8)4-7(18)2/h6-7H,3-5H2,1-2H3,(H2,15,16,17). The van der Waals surface area contributed by atoms with Crippen LogP contribution in [0.4, 0.5) is 5.82 Å². The van der Waals surface area contributed by atoms with Gasteiger partial charge in [0.25, 0.3) is 0 Å². The van der Waals surface area contributed by atoms with E-state index < -0.39 is 0 Å². The number of aromatic nitrogens is 3. The smallest absolute Gasteiger partial charge is 0.222 e. The third kappa shape index (κ3) is 1.80. The molecule has 2 aromatic rings. The van der Waals surface area contributed by atoms with Gasteiger partial charge in [-0.15, -0.1) is 0 Å². The molecule has 1 aliphatic heterocycles. The number of halogens is 1. The zero-order valence-electron chi connectivity index (χ0n) is 11.4. The highest BCUT2D eigenvalue weighted by Gasteiger charge is 2.30. The first-order valence-electron chi connectivity index (χ1n) is 6.61. The van der Waals surface area contributed by atoms with Crippen LogP contribution in [0.3, 0.4) is 0 Å². The fourth-order valence-corrected chi connectivity index (χ4v) is 3.48. The molecule has 0 fully saturated rings. The first-order valence-corrected chi connectivity index (χ1v) is 7.40. The second kappa shape index (κ2) is 4.73. The van der Waals surface area contributed by atoms with Gasteiger partial charge in [-0.25, -0.2) is 9.97 Å². The van der Waals surface area contributed by atoms with Crippen LogP contribution in [0.25, 0.3) is 11.0 Å². The van der Waals surface area contributed by atoms with Gasteiger partial charge in [-0.2, -0.15) is 0 Å². The maximum Gasteiger partial charge on any atom is 0.222 e. The van der Waals surface area contributed by atoms with Crippen molar-refractivity contribution < 1.29 is 4.79 Å². The van der Waals surface area contributed by atoms with Crippen LogP contribution in [0.1, 0.15) is 26.0 Å². The van der Waals surface area contributed by atoms with E-state index >= 15 is 0 Å². The number of nitrogens with two attached hydrogens (primary N) is 1. The molecule has 0 spiro atoms. The highest BCUT2D eigenvalue weighted by atomic mass is 79.9. The Bertz CT molecular complexity index is 696. The molecule has 0 saturated heterocycles. The predicted molar refractivity (Wildman–Crippen MR) is 79.9 cm³/mol. The second-order valence-corrected chi connectivity index (χ2v) is 5.85. The van der Waals surface area contributed by atoms with Crippen molar-refractivity contribution >= 4 is 38.7 Å². The summed E-state index contributed by atoms with van der Waals surface area (Å²) in [6, 6.07) is 0.147. The van der Waals surface area contributed by atoms with Gasteiger partial charge < -0.3 is 15.2 Å². The van der Waals surface area contributed by atoms with E-state index in [1.807, 2.05) is 11.8 Å². The van der Waals surface area contributed by atoms with Crippen LogP contribution in [0.5, 0.6) is 0 Å². The van der Waals surface area contributed by atoms with Crippen molar-refractivity contribution in [3.63, 3.8) is 0 Å². The third-order valence-corrected chi connectivity index (χ3v) is 4.69. The summed E-state index contributed by atoms with van der Waals surface area (Å²) in [5.74, 6) is 0.629. The lowest BCUT2D eigenvalue weighted by Crippen LogP contribution is -2.44. The van der Waals surface area contributed by atoms with Crippen molar-refractivity contribution in [2.75, 3.05) is 5.73 Å². The maximum absolute atomic E-state index is 12.0.